The van der Waals surface area contributed by atoms with Crippen LogP contribution >= 0.6 is 11.6 Å². The van der Waals surface area contributed by atoms with Crippen molar-refractivity contribution >= 4 is 21.6 Å². The lowest BCUT2D eigenvalue weighted by Gasteiger charge is -2.12. The van der Waals surface area contributed by atoms with Crippen LogP contribution < -0.4 is 14.8 Å². The number of rotatable bonds is 7. The average molecular weight is 307 g/mol. The maximum absolute atomic E-state index is 12.1. The highest BCUT2D eigenvalue weighted by Gasteiger charge is 2.19. The first-order chi connectivity index (χ1) is 8.86. The number of hydrogen-bond acceptors (Lipinski definition) is 4. The van der Waals surface area contributed by atoms with Crippen molar-refractivity contribution in [3.05, 3.63) is 23.2 Å². The molecule has 1 rings (SSSR count). The van der Waals surface area contributed by atoms with Gasteiger partial charge in [-0.25, -0.2) is 13.1 Å². The van der Waals surface area contributed by atoms with Crippen LogP contribution in [0.5, 0.6) is 5.75 Å². The third-order valence-corrected chi connectivity index (χ3v) is 4.12. The van der Waals surface area contributed by atoms with Gasteiger partial charge in [-0.3, -0.25) is 0 Å². The molecule has 1 aromatic carbocycles. The van der Waals surface area contributed by atoms with Gasteiger partial charge in [-0.1, -0.05) is 25.4 Å². The summed E-state index contributed by atoms with van der Waals surface area (Å²) in [6.07, 6.45) is 0. The maximum Gasteiger partial charge on any atom is 0.244 e. The Bertz CT molecular complexity index is 518. The van der Waals surface area contributed by atoms with Crippen molar-refractivity contribution in [3.63, 3.8) is 0 Å². The fourth-order valence-corrected chi connectivity index (χ4v) is 2.83. The smallest absolute Gasteiger partial charge is 0.244 e. The molecule has 5 nitrogen and oxygen atoms in total. The molecule has 108 valence electrons. The lowest BCUT2D eigenvalue weighted by molar-refractivity contribution is 0.402. The predicted octanol–water partition coefficient (Wildman–Crippen LogP) is 1.62. The van der Waals surface area contributed by atoms with Crippen molar-refractivity contribution in [2.75, 3.05) is 20.2 Å². The van der Waals surface area contributed by atoms with Crippen LogP contribution in [0.25, 0.3) is 0 Å². The predicted molar refractivity (Wildman–Crippen MR) is 76.3 cm³/mol. The number of benzene rings is 1. The molecule has 0 amide bonds. The monoisotopic (exact) mass is 306 g/mol. The third-order valence-electron chi connectivity index (χ3n) is 2.38. The first kappa shape index (κ1) is 16.2. The Morgan fingerprint density at radius 1 is 1.32 bits per heavy atom. The quantitative estimate of drug-likeness (QED) is 0.751. The molecule has 0 saturated carbocycles. The van der Waals surface area contributed by atoms with Gasteiger partial charge in [0.1, 0.15) is 10.6 Å². The summed E-state index contributed by atoms with van der Waals surface area (Å²) in [5.74, 6) is 0.233. The van der Waals surface area contributed by atoms with E-state index in [2.05, 4.69) is 10.0 Å². The van der Waals surface area contributed by atoms with Gasteiger partial charge in [0.25, 0.3) is 0 Å². The van der Waals surface area contributed by atoms with Crippen LogP contribution in [-0.2, 0) is 10.0 Å². The van der Waals surface area contributed by atoms with Crippen molar-refractivity contribution in [2.45, 2.75) is 24.8 Å². The highest BCUT2D eigenvalue weighted by Crippen LogP contribution is 2.26. The summed E-state index contributed by atoms with van der Waals surface area (Å²) in [6, 6.07) is 4.74. The number of halogens is 1. The molecule has 1 aromatic rings. The summed E-state index contributed by atoms with van der Waals surface area (Å²) >= 11 is 5.80. The zero-order valence-corrected chi connectivity index (χ0v) is 12.8. The highest BCUT2D eigenvalue weighted by molar-refractivity contribution is 7.89. The first-order valence-corrected chi connectivity index (χ1v) is 7.79. The lowest BCUT2D eigenvalue weighted by atomic mass is 10.3. The molecule has 19 heavy (non-hydrogen) atoms. The van der Waals surface area contributed by atoms with E-state index in [9.17, 15) is 8.42 Å². The van der Waals surface area contributed by atoms with E-state index >= 15 is 0 Å². The third kappa shape index (κ3) is 4.99. The molecule has 0 aliphatic rings. The van der Waals surface area contributed by atoms with E-state index in [0.29, 0.717) is 24.2 Å². The molecule has 0 radical (unpaired) electrons. The summed E-state index contributed by atoms with van der Waals surface area (Å²) in [4.78, 5) is 0.0870. The van der Waals surface area contributed by atoms with Crippen molar-refractivity contribution in [3.8, 4) is 5.75 Å². The Hall–Kier alpha value is -0.820. The Morgan fingerprint density at radius 2 is 2.00 bits per heavy atom. The molecule has 0 aliphatic carbocycles. The maximum atomic E-state index is 12.1. The van der Waals surface area contributed by atoms with Crippen molar-refractivity contribution in [2.24, 2.45) is 0 Å². The molecular formula is C12H19ClN2O3S. The molecule has 0 heterocycles. The second-order valence-electron chi connectivity index (χ2n) is 4.30. The minimum Gasteiger partial charge on any atom is -0.495 e. The summed E-state index contributed by atoms with van der Waals surface area (Å²) in [5.41, 5.74) is 0. The minimum absolute atomic E-state index is 0.0870. The Morgan fingerprint density at radius 3 is 2.58 bits per heavy atom. The van der Waals surface area contributed by atoms with Gasteiger partial charge in [0.2, 0.25) is 10.0 Å². The zero-order chi connectivity index (χ0) is 14.5. The first-order valence-electron chi connectivity index (χ1n) is 5.93. The number of ether oxygens (including phenoxy) is 1. The summed E-state index contributed by atoms with van der Waals surface area (Å²) in [6.45, 7) is 4.87. The second-order valence-corrected chi connectivity index (χ2v) is 6.47. The Balaban J connectivity index is 2.77. The molecule has 0 aromatic heterocycles. The number of hydrogen-bond donors (Lipinski definition) is 2. The largest absolute Gasteiger partial charge is 0.495 e. The van der Waals surface area contributed by atoms with E-state index in [0.717, 1.165) is 0 Å². The van der Waals surface area contributed by atoms with Crippen LogP contribution in [0, 0.1) is 0 Å². The number of sulfonamides is 1. The van der Waals surface area contributed by atoms with Gasteiger partial charge in [0.15, 0.2) is 0 Å². The van der Waals surface area contributed by atoms with Crippen molar-refractivity contribution in [1.29, 1.82) is 0 Å². The lowest BCUT2D eigenvalue weighted by Crippen LogP contribution is -2.34. The van der Waals surface area contributed by atoms with Gasteiger partial charge in [-0.15, -0.1) is 0 Å². The summed E-state index contributed by atoms with van der Waals surface area (Å²) in [7, 11) is -2.18. The van der Waals surface area contributed by atoms with Gasteiger partial charge in [0.05, 0.1) is 7.11 Å². The molecule has 0 bridgehead atoms. The second kappa shape index (κ2) is 7.09. The van der Waals surface area contributed by atoms with Gasteiger partial charge in [0, 0.05) is 30.2 Å². The molecule has 0 aliphatic heterocycles. The van der Waals surface area contributed by atoms with Crippen LogP contribution in [-0.4, -0.2) is 34.7 Å². The van der Waals surface area contributed by atoms with Crippen molar-refractivity contribution in [1.82, 2.24) is 10.0 Å². The zero-order valence-electron chi connectivity index (χ0n) is 11.2. The van der Waals surface area contributed by atoms with E-state index in [1.807, 2.05) is 13.8 Å². The molecular weight excluding hydrogens is 288 g/mol. The molecule has 0 spiro atoms. The van der Waals surface area contributed by atoms with Crippen LogP contribution in [0.2, 0.25) is 5.02 Å². The Kier molecular flexibility index (Phi) is 6.06. The van der Waals surface area contributed by atoms with E-state index in [1.54, 1.807) is 0 Å². The fraction of sp³-hybridized carbons (Fsp3) is 0.500. The fourth-order valence-electron chi connectivity index (χ4n) is 1.49. The standard InChI is InChI=1S/C12H19ClN2O3S/c1-9(2)14-6-7-15-19(16,17)12-5-4-10(13)8-11(12)18-3/h4-5,8-9,14-15H,6-7H2,1-3H3. The SMILES string of the molecule is COc1cc(Cl)ccc1S(=O)(=O)NCCNC(C)C. The molecule has 2 N–H and O–H groups in total. The van der Waals surface area contributed by atoms with Gasteiger partial charge in [-0.05, 0) is 12.1 Å². The van der Waals surface area contributed by atoms with Gasteiger partial charge in [-0.2, -0.15) is 0 Å². The van der Waals surface area contributed by atoms with E-state index in [1.165, 1.54) is 25.3 Å². The van der Waals surface area contributed by atoms with E-state index < -0.39 is 10.0 Å². The topological polar surface area (TPSA) is 67.4 Å². The summed E-state index contributed by atoms with van der Waals surface area (Å²) < 4.78 is 31.8. The molecule has 0 fully saturated rings. The average Bonchev–Trinajstić information content (AvgIpc) is 2.34. The number of methoxy groups -OCH3 is 1. The van der Waals surface area contributed by atoms with Gasteiger partial charge < -0.3 is 10.1 Å². The van der Waals surface area contributed by atoms with Crippen LogP contribution in [0.1, 0.15) is 13.8 Å². The van der Waals surface area contributed by atoms with Crippen LogP contribution in [0.3, 0.4) is 0 Å². The summed E-state index contributed by atoms with van der Waals surface area (Å²) in [5, 5.41) is 3.56. The Labute approximate surface area is 119 Å². The van der Waals surface area contributed by atoms with Gasteiger partial charge >= 0.3 is 0 Å². The van der Waals surface area contributed by atoms with Crippen molar-refractivity contribution < 1.29 is 13.2 Å². The van der Waals surface area contributed by atoms with Crippen LogP contribution in [0.15, 0.2) is 23.1 Å². The van der Waals surface area contributed by atoms with E-state index in [-0.39, 0.29) is 10.6 Å². The van der Waals surface area contributed by atoms with E-state index in [4.69, 9.17) is 16.3 Å². The molecule has 0 unspecified atom stereocenters. The van der Waals surface area contributed by atoms with Crippen LogP contribution in [0.4, 0.5) is 0 Å². The molecule has 7 heteroatoms. The minimum atomic E-state index is -3.59. The molecule has 0 saturated heterocycles. The normalized spacial score (nSPS) is 11.8. The number of nitrogens with one attached hydrogen (secondary N) is 2. The highest BCUT2D eigenvalue weighted by atomic mass is 35.5. The molecule has 0 atom stereocenters.